The Balaban J connectivity index is 3.02. The first-order chi connectivity index (χ1) is 9.25. The fraction of sp³-hybridized carbons (Fsp3) is 0.545. The molecule has 1 rings (SSSR count). The summed E-state index contributed by atoms with van der Waals surface area (Å²) in [5.41, 5.74) is -0.152. The molecule has 0 saturated carbocycles. The summed E-state index contributed by atoms with van der Waals surface area (Å²) in [6.45, 7) is 1.55. The van der Waals surface area contributed by atoms with Gasteiger partial charge in [-0.1, -0.05) is 13.3 Å². The molecule has 0 aliphatic heterocycles. The van der Waals surface area contributed by atoms with Crippen molar-refractivity contribution in [1.29, 1.82) is 0 Å². The number of carbonyl (C=O) groups is 1. The number of halogens is 3. The van der Waals surface area contributed by atoms with Gasteiger partial charge >= 0.3 is 0 Å². The third-order valence-electron chi connectivity index (χ3n) is 2.54. The van der Waals surface area contributed by atoms with Crippen LogP contribution in [0.15, 0.2) is 17.2 Å². The Morgan fingerprint density at radius 2 is 2.15 bits per heavy atom. The van der Waals surface area contributed by atoms with Gasteiger partial charge in [0.05, 0.1) is 6.54 Å². The molecule has 0 aromatic carbocycles. The third-order valence-corrected chi connectivity index (χ3v) is 3.86. The van der Waals surface area contributed by atoms with E-state index in [2.05, 4.69) is 5.32 Å². The lowest BCUT2D eigenvalue weighted by atomic mass is 10.3. The molecule has 0 spiro atoms. The van der Waals surface area contributed by atoms with Gasteiger partial charge in [0.25, 0.3) is 21.4 Å². The molecular formula is C11H15ClF2N2O3S. The van der Waals surface area contributed by atoms with E-state index < -0.39 is 27.9 Å². The van der Waals surface area contributed by atoms with Crippen LogP contribution in [0.2, 0.25) is 0 Å². The van der Waals surface area contributed by atoms with Gasteiger partial charge < -0.3 is 9.88 Å². The topological polar surface area (TPSA) is 68.2 Å². The smallest absolute Gasteiger partial charge is 0.267 e. The maximum Gasteiger partial charge on any atom is 0.267 e. The first-order valence-corrected chi connectivity index (χ1v) is 8.27. The second-order valence-electron chi connectivity index (χ2n) is 4.15. The normalized spacial score (nSPS) is 11.8. The van der Waals surface area contributed by atoms with Crippen molar-refractivity contribution >= 4 is 25.6 Å². The summed E-state index contributed by atoms with van der Waals surface area (Å²) >= 11 is 0. The van der Waals surface area contributed by atoms with Gasteiger partial charge in [0.1, 0.15) is 10.6 Å². The Kier molecular flexibility index (Phi) is 5.94. The van der Waals surface area contributed by atoms with E-state index in [9.17, 15) is 22.0 Å². The molecule has 114 valence electrons. The van der Waals surface area contributed by atoms with Crippen molar-refractivity contribution < 1.29 is 22.0 Å². The van der Waals surface area contributed by atoms with E-state index in [4.69, 9.17) is 10.7 Å². The monoisotopic (exact) mass is 328 g/mol. The van der Waals surface area contributed by atoms with Crippen LogP contribution in [-0.2, 0) is 15.6 Å². The van der Waals surface area contributed by atoms with E-state index in [-0.39, 0.29) is 10.6 Å². The van der Waals surface area contributed by atoms with E-state index in [1.54, 1.807) is 0 Å². The minimum absolute atomic E-state index is 0.152. The van der Waals surface area contributed by atoms with E-state index in [0.29, 0.717) is 6.54 Å². The average Bonchev–Trinajstić information content (AvgIpc) is 2.72. The number of aromatic nitrogens is 1. The minimum atomic E-state index is -4.07. The first kappa shape index (κ1) is 16.9. The van der Waals surface area contributed by atoms with Crippen molar-refractivity contribution in [2.24, 2.45) is 0 Å². The van der Waals surface area contributed by atoms with Crippen LogP contribution in [0.1, 0.15) is 30.3 Å². The fourth-order valence-corrected chi connectivity index (χ4v) is 2.34. The van der Waals surface area contributed by atoms with Crippen LogP contribution in [0.4, 0.5) is 8.78 Å². The number of alkyl halides is 2. The molecule has 0 aliphatic carbocycles. The molecule has 0 atom stereocenters. The highest BCUT2D eigenvalue weighted by Crippen LogP contribution is 2.19. The van der Waals surface area contributed by atoms with Crippen molar-refractivity contribution in [3.05, 3.63) is 18.0 Å². The number of unbranched alkanes of at least 4 members (excludes halogenated alkanes) is 1. The highest BCUT2D eigenvalue weighted by Gasteiger charge is 2.21. The Labute approximate surface area is 120 Å². The zero-order valence-electron chi connectivity index (χ0n) is 10.8. The van der Waals surface area contributed by atoms with Gasteiger partial charge in [0.15, 0.2) is 0 Å². The minimum Gasteiger partial charge on any atom is -0.351 e. The molecule has 0 bridgehead atoms. The molecule has 0 radical (unpaired) electrons. The summed E-state index contributed by atoms with van der Waals surface area (Å²) in [5, 5.41) is 2.54. The molecule has 1 aromatic heterocycles. The van der Waals surface area contributed by atoms with Crippen molar-refractivity contribution in [1.82, 2.24) is 9.88 Å². The lowest BCUT2D eigenvalue weighted by molar-refractivity contribution is 0.0930. The fourth-order valence-electron chi connectivity index (χ4n) is 1.58. The number of nitrogens with one attached hydrogen (secondary N) is 1. The molecule has 0 saturated heterocycles. The molecule has 9 heteroatoms. The molecular weight excluding hydrogens is 314 g/mol. The van der Waals surface area contributed by atoms with Crippen molar-refractivity contribution in [3.63, 3.8) is 0 Å². The van der Waals surface area contributed by atoms with Crippen LogP contribution in [0.25, 0.3) is 0 Å². The number of hydrogen-bond acceptors (Lipinski definition) is 3. The number of rotatable bonds is 7. The molecule has 0 aliphatic rings. The van der Waals surface area contributed by atoms with Gasteiger partial charge in [-0.2, -0.15) is 0 Å². The maximum absolute atomic E-state index is 12.4. The van der Waals surface area contributed by atoms with E-state index >= 15 is 0 Å². The van der Waals surface area contributed by atoms with Crippen LogP contribution < -0.4 is 5.32 Å². The summed E-state index contributed by atoms with van der Waals surface area (Å²) in [6, 6.07) is 0.992. The molecule has 0 fully saturated rings. The summed E-state index contributed by atoms with van der Waals surface area (Å²) < 4.78 is 48.2. The zero-order chi connectivity index (χ0) is 15.3. The highest BCUT2D eigenvalue weighted by atomic mass is 35.7. The lowest BCUT2D eigenvalue weighted by Crippen LogP contribution is -2.27. The van der Waals surface area contributed by atoms with Crippen LogP contribution in [0.3, 0.4) is 0 Å². The lowest BCUT2D eigenvalue weighted by Gasteiger charge is -2.08. The van der Waals surface area contributed by atoms with Crippen LogP contribution in [0, 0.1) is 0 Å². The quantitative estimate of drug-likeness (QED) is 0.616. The maximum atomic E-state index is 12.4. The molecule has 20 heavy (non-hydrogen) atoms. The predicted molar refractivity (Wildman–Crippen MR) is 70.7 cm³/mol. The Morgan fingerprint density at radius 1 is 1.50 bits per heavy atom. The Morgan fingerprint density at radius 3 is 2.65 bits per heavy atom. The molecule has 1 heterocycles. The van der Waals surface area contributed by atoms with E-state index in [1.165, 1.54) is 0 Å². The van der Waals surface area contributed by atoms with Crippen LogP contribution >= 0.6 is 10.7 Å². The Hall–Kier alpha value is -1.15. The van der Waals surface area contributed by atoms with Crippen LogP contribution in [-0.4, -0.2) is 31.9 Å². The van der Waals surface area contributed by atoms with Gasteiger partial charge in [-0.15, -0.1) is 0 Å². The summed E-state index contributed by atoms with van der Waals surface area (Å²) in [7, 11) is 1.08. The Bertz CT molecular complexity index is 572. The predicted octanol–water partition coefficient (Wildman–Crippen LogP) is 2.21. The average molecular weight is 329 g/mol. The van der Waals surface area contributed by atoms with Crippen molar-refractivity contribution in [2.45, 2.75) is 37.6 Å². The van der Waals surface area contributed by atoms with Gasteiger partial charge in [-0.25, -0.2) is 17.2 Å². The zero-order valence-corrected chi connectivity index (χ0v) is 12.3. The number of nitrogens with zero attached hydrogens (tertiary/aromatic N) is 1. The van der Waals surface area contributed by atoms with Gasteiger partial charge in [0.2, 0.25) is 0 Å². The number of hydrogen-bond donors (Lipinski definition) is 1. The van der Waals surface area contributed by atoms with Crippen LogP contribution in [0.5, 0.6) is 0 Å². The number of carbonyl (C=O) groups excluding carboxylic acids is 1. The third kappa shape index (κ3) is 4.75. The molecule has 1 N–H and O–H groups in total. The SMILES string of the molecule is CCCCNC(=O)c1cc(S(=O)(=O)Cl)cn1CC(F)F. The first-order valence-electron chi connectivity index (χ1n) is 5.97. The molecule has 1 amide bonds. The largest absolute Gasteiger partial charge is 0.351 e. The van der Waals surface area contributed by atoms with Crippen molar-refractivity contribution in [3.8, 4) is 0 Å². The highest BCUT2D eigenvalue weighted by molar-refractivity contribution is 8.13. The van der Waals surface area contributed by atoms with Gasteiger partial charge in [-0.05, 0) is 12.5 Å². The standard InChI is InChI=1S/C11H15ClF2N2O3S/c1-2-3-4-15-11(17)9-5-8(20(12,18)19)6-16(9)7-10(13)14/h5-6,10H,2-4,7H2,1H3,(H,15,17). The molecule has 0 unspecified atom stereocenters. The number of amides is 1. The van der Waals surface area contributed by atoms with E-state index in [1.807, 2.05) is 6.92 Å². The second kappa shape index (κ2) is 7.03. The summed E-state index contributed by atoms with van der Waals surface area (Å²) in [5.74, 6) is -0.606. The summed E-state index contributed by atoms with van der Waals surface area (Å²) in [6.07, 6.45) is -0.180. The van der Waals surface area contributed by atoms with Gasteiger partial charge in [-0.3, -0.25) is 4.79 Å². The van der Waals surface area contributed by atoms with E-state index in [0.717, 1.165) is 29.7 Å². The van der Waals surface area contributed by atoms with Crippen molar-refractivity contribution in [2.75, 3.05) is 6.54 Å². The van der Waals surface area contributed by atoms with Gasteiger partial charge in [0, 0.05) is 23.4 Å². The summed E-state index contributed by atoms with van der Waals surface area (Å²) in [4.78, 5) is 11.5. The second-order valence-corrected chi connectivity index (χ2v) is 6.72. The molecule has 1 aromatic rings. The molecule has 5 nitrogen and oxygen atoms in total.